The summed E-state index contributed by atoms with van der Waals surface area (Å²) in [5.74, 6) is 0.267. The maximum Gasteiger partial charge on any atom is 0.159 e. The minimum absolute atomic E-state index is 0.267. The van der Waals surface area contributed by atoms with Gasteiger partial charge in [-0.2, -0.15) is 0 Å². The Balaban J connectivity index is 1.17. The van der Waals surface area contributed by atoms with Crippen LogP contribution in [0.3, 0.4) is 0 Å². The normalized spacial score (nSPS) is 11.7. The van der Waals surface area contributed by atoms with Crippen LogP contribution in [0.4, 0.5) is 34.1 Å². The van der Waals surface area contributed by atoms with Gasteiger partial charge in [-0.3, -0.25) is 0 Å². The Morgan fingerprint density at radius 1 is 0.386 bits per heavy atom. The van der Waals surface area contributed by atoms with E-state index in [1.54, 1.807) is 6.07 Å². The second-order valence-corrected chi connectivity index (χ2v) is 14.7. The number of para-hydroxylation sites is 5. The van der Waals surface area contributed by atoms with Crippen molar-refractivity contribution in [3.63, 3.8) is 0 Å². The Morgan fingerprint density at radius 2 is 0.895 bits per heavy atom. The second-order valence-electron chi connectivity index (χ2n) is 14.7. The highest BCUT2D eigenvalue weighted by Gasteiger charge is 2.25. The molecular formula is C53H36N2O2. The van der Waals surface area contributed by atoms with Crippen molar-refractivity contribution in [1.29, 1.82) is 0 Å². The molecular weight excluding hydrogens is 697 g/mol. The Labute approximate surface area is 330 Å². The Hall–Kier alpha value is -7.56. The zero-order valence-electron chi connectivity index (χ0n) is 31.2. The summed E-state index contributed by atoms with van der Waals surface area (Å²) >= 11 is 0. The van der Waals surface area contributed by atoms with Crippen molar-refractivity contribution in [1.82, 2.24) is 0 Å². The Morgan fingerprint density at radius 3 is 1.56 bits per heavy atom. The SMILES string of the molecule is Cc1c(-c2ccccc2O)cccc1N(c1ccccc1)c1ccc2ccc3c(N(c4ccccc4)c4cccc5c4oc4ccccc45)ccc4ccc1c2c43. The number of nitrogens with zero attached hydrogens (tertiary/aromatic N) is 2. The lowest BCUT2D eigenvalue weighted by atomic mass is 9.91. The summed E-state index contributed by atoms with van der Waals surface area (Å²) in [5.41, 5.74) is 10.9. The molecule has 1 N–H and O–H groups in total. The Bertz CT molecular complexity index is 3280. The lowest BCUT2D eigenvalue weighted by Crippen LogP contribution is -2.12. The molecule has 1 heterocycles. The van der Waals surface area contributed by atoms with E-state index >= 15 is 0 Å². The molecule has 0 fully saturated rings. The maximum atomic E-state index is 10.9. The molecule has 0 aliphatic heterocycles. The fraction of sp³-hybridized carbons (Fsp3) is 0.0189. The van der Waals surface area contributed by atoms with Gasteiger partial charge in [0.15, 0.2) is 5.58 Å². The fourth-order valence-corrected chi connectivity index (χ4v) is 8.90. The van der Waals surface area contributed by atoms with E-state index in [2.05, 4.69) is 174 Å². The van der Waals surface area contributed by atoms with Gasteiger partial charge in [-0.1, -0.05) is 133 Å². The van der Waals surface area contributed by atoms with Gasteiger partial charge in [0, 0.05) is 44.2 Å². The summed E-state index contributed by atoms with van der Waals surface area (Å²) in [6.07, 6.45) is 0. The number of hydrogen-bond donors (Lipinski definition) is 1. The zero-order valence-corrected chi connectivity index (χ0v) is 31.2. The molecule has 0 radical (unpaired) electrons. The number of aromatic hydroxyl groups is 1. The van der Waals surface area contributed by atoms with Gasteiger partial charge in [0.1, 0.15) is 11.3 Å². The van der Waals surface area contributed by atoms with Crippen molar-refractivity contribution in [3.8, 4) is 16.9 Å². The van der Waals surface area contributed by atoms with Gasteiger partial charge in [0.25, 0.3) is 0 Å². The van der Waals surface area contributed by atoms with Crippen LogP contribution in [-0.2, 0) is 0 Å². The molecule has 4 heteroatoms. The third kappa shape index (κ3) is 5.15. The van der Waals surface area contributed by atoms with Crippen LogP contribution in [-0.4, -0.2) is 5.11 Å². The number of phenolic OH excluding ortho intramolecular Hbond substituents is 1. The van der Waals surface area contributed by atoms with E-state index in [1.807, 2.05) is 30.3 Å². The largest absolute Gasteiger partial charge is 0.507 e. The predicted octanol–water partition coefficient (Wildman–Crippen LogP) is 15.1. The first-order chi connectivity index (χ1) is 28.1. The highest BCUT2D eigenvalue weighted by Crippen LogP contribution is 2.50. The maximum absolute atomic E-state index is 10.9. The number of rotatable bonds is 7. The number of phenols is 1. The zero-order chi connectivity index (χ0) is 38.0. The van der Waals surface area contributed by atoms with Crippen molar-refractivity contribution in [2.24, 2.45) is 0 Å². The average Bonchev–Trinajstić information content (AvgIpc) is 3.65. The van der Waals surface area contributed by atoms with Crippen LogP contribution >= 0.6 is 0 Å². The summed E-state index contributed by atoms with van der Waals surface area (Å²) in [5, 5.41) is 20.2. The number of anilines is 6. The predicted molar refractivity (Wildman–Crippen MR) is 239 cm³/mol. The standard InChI is InChI=1S/C53H36N2O2/c1-34-39(40-18-8-10-24-49(40)56)20-12-22-45(34)54(37-14-4-2-5-15-37)46-32-28-35-27-31-44-47(33-29-36-26-30-43(46)51(35)52(36)44)55(38-16-6-3-7-17-38)48-23-13-21-42-41-19-9-11-25-50(41)57-53(42)48/h2-33,56H,1H3. The highest BCUT2D eigenvalue weighted by molar-refractivity contribution is 6.28. The highest BCUT2D eigenvalue weighted by atomic mass is 16.3. The van der Waals surface area contributed by atoms with Crippen LogP contribution in [0.2, 0.25) is 0 Å². The second kappa shape index (κ2) is 13.0. The number of hydrogen-bond acceptors (Lipinski definition) is 4. The molecule has 0 aliphatic carbocycles. The molecule has 0 bridgehead atoms. The molecule has 0 amide bonds. The van der Waals surface area contributed by atoms with Crippen LogP contribution in [0.15, 0.2) is 199 Å². The van der Waals surface area contributed by atoms with Gasteiger partial charge in [0.2, 0.25) is 0 Å². The number of fused-ring (bicyclic) bond motifs is 3. The molecule has 1 aromatic heterocycles. The summed E-state index contributed by atoms with van der Waals surface area (Å²) in [6.45, 7) is 2.15. The number of furan rings is 1. The molecule has 0 unspecified atom stereocenters. The quantitative estimate of drug-likeness (QED) is 0.166. The molecule has 0 spiro atoms. The third-order valence-electron chi connectivity index (χ3n) is 11.5. The van der Waals surface area contributed by atoms with Crippen LogP contribution < -0.4 is 9.80 Å². The van der Waals surface area contributed by atoms with E-state index in [0.29, 0.717) is 0 Å². The van der Waals surface area contributed by atoms with Crippen LogP contribution in [0.25, 0.3) is 65.4 Å². The molecule has 11 aromatic rings. The third-order valence-corrected chi connectivity index (χ3v) is 11.5. The first kappa shape index (κ1) is 32.8. The minimum Gasteiger partial charge on any atom is -0.507 e. The van der Waals surface area contributed by atoms with Gasteiger partial charge in [-0.15, -0.1) is 0 Å². The molecule has 10 aromatic carbocycles. The summed E-state index contributed by atoms with van der Waals surface area (Å²) < 4.78 is 6.65. The molecule has 270 valence electrons. The van der Waals surface area contributed by atoms with Crippen LogP contribution in [0, 0.1) is 6.92 Å². The summed E-state index contributed by atoms with van der Waals surface area (Å²) in [4.78, 5) is 4.71. The first-order valence-corrected chi connectivity index (χ1v) is 19.3. The molecule has 11 rings (SSSR count). The van der Waals surface area contributed by atoms with Crippen molar-refractivity contribution >= 4 is 88.4 Å². The number of benzene rings is 10. The van der Waals surface area contributed by atoms with E-state index in [0.717, 1.165) is 83.5 Å². The monoisotopic (exact) mass is 732 g/mol. The van der Waals surface area contributed by atoms with Crippen molar-refractivity contribution in [3.05, 3.63) is 200 Å². The topological polar surface area (TPSA) is 39.9 Å². The van der Waals surface area contributed by atoms with Crippen molar-refractivity contribution in [2.45, 2.75) is 6.92 Å². The molecule has 0 atom stereocenters. The van der Waals surface area contributed by atoms with Crippen molar-refractivity contribution in [2.75, 3.05) is 9.80 Å². The van der Waals surface area contributed by atoms with E-state index < -0.39 is 0 Å². The molecule has 57 heavy (non-hydrogen) atoms. The van der Waals surface area contributed by atoms with E-state index in [-0.39, 0.29) is 5.75 Å². The van der Waals surface area contributed by atoms with E-state index in [9.17, 15) is 5.11 Å². The van der Waals surface area contributed by atoms with Gasteiger partial charge in [0.05, 0.1) is 17.1 Å². The molecule has 0 saturated heterocycles. The Kier molecular flexibility index (Phi) is 7.51. The smallest absolute Gasteiger partial charge is 0.159 e. The van der Waals surface area contributed by atoms with Gasteiger partial charge in [-0.25, -0.2) is 0 Å². The van der Waals surface area contributed by atoms with Crippen LogP contribution in [0.5, 0.6) is 5.75 Å². The van der Waals surface area contributed by atoms with Gasteiger partial charge >= 0.3 is 0 Å². The summed E-state index contributed by atoms with van der Waals surface area (Å²) in [6, 6.07) is 67.9. The molecule has 0 aliphatic rings. The molecule has 4 nitrogen and oxygen atoms in total. The molecule has 0 saturated carbocycles. The van der Waals surface area contributed by atoms with E-state index in [1.165, 1.54) is 21.5 Å². The van der Waals surface area contributed by atoms with Crippen LogP contribution in [0.1, 0.15) is 5.56 Å². The minimum atomic E-state index is 0.267. The van der Waals surface area contributed by atoms with Gasteiger partial charge in [-0.05, 0) is 100 Å². The van der Waals surface area contributed by atoms with Gasteiger partial charge < -0.3 is 19.3 Å². The van der Waals surface area contributed by atoms with E-state index in [4.69, 9.17) is 4.42 Å². The van der Waals surface area contributed by atoms with Crippen molar-refractivity contribution < 1.29 is 9.52 Å². The first-order valence-electron chi connectivity index (χ1n) is 19.3. The lowest BCUT2D eigenvalue weighted by Gasteiger charge is -2.30. The fourth-order valence-electron chi connectivity index (χ4n) is 8.90. The summed E-state index contributed by atoms with van der Waals surface area (Å²) in [7, 11) is 0. The average molecular weight is 733 g/mol. The lowest BCUT2D eigenvalue weighted by molar-refractivity contribution is 0.477.